The van der Waals surface area contributed by atoms with E-state index in [4.69, 9.17) is 22.8 Å². The van der Waals surface area contributed by atoms with E-state index in [1.807, 2.05) is 0 Å². The fourth-order valence-electron chi connectivity index (χ4n) is 3.05. The molecular weight excluding hydrogens is 453 g/mol. The molecule has 0 radical (unpaired) electrons. The van der Waals surface area contributed by atoms with Crippen LogP contribution in [-0.2, 0) is 22.8 Å². The molecular formula is C24H52O5Si3. The maximum Gasteiger partial charge on any atom is 0.192 e. The van der Waals surface area contributed by atoms with E-state index in [1.165, 1.54) is 0 Å². The molecule has 0 bridgehead atoms. The average Bonchev–Trinajstić information content (AvgIpc) is 3.31. The minimum absolute atomic E-state index is 0.0389. The molecule has 0 amide bonds. The van der Waals surface area contributed by atoms with E-state index in [9.17, 15) is 0 Å². The zero-order chi connectivity index (χ0) is 25.1. The van der Waals surface area contributed by atoms with Gasteiger partial charge in [-0.25, -0.2) is 0 Å². The van der Waals surface area contributed by atoms with Crippen molar-refractivity contribution < 1.29 is 22.8 Å². The van der Waals surface area contributed by atoms with E-state index >= 15 is 0 Å². The number of hydrogen-bond acceptors (Lipinski definition) is 5. The standard InChI is InChI=1S/C24H52O5Si3/c1-22(2,3)30(10,11)25-16-17-18(28-31(12,13)23(4,5)6)19(20-21(26-17)27-20)29-32(14,15)24(7,8)9/h17-21H,16H2,1-15H3/t17-,18-,19+,20-,21-/m1/s1. The Balaban J connectivity index is 2.35. The van der Waals surface area contributed by atoms with Crippen LogP contribution in [0.25, 0.3) is 0 Å². The predicted molar refractivity (Wildman–Crippen MR) is 141 cm³/mol. The summed E-state index contributed by atoms with van der Waals surface area (Å²) in [5.74, 6) is 0. The van der Waals surface area contributed by atoms with E-state index < -0.39 is 25.0 Å². The van der Waals surface area contributed by atoms with E-state index in [-0.39, 0.29) is 45.8 Å². The summed E-state index contributed by atoms with van der Waals surface area (Å²) < 4.78 is 33.0. The number of epoxide rings is 1. The van der Waals surface area contributed by atoms with Crippen molar-refractivity contribution in [3.05, 3.63) is 0 Å². The topological polar surface area (TPSA) is 49.5 Å². The molecule has 0 unspecified atom stereocenters. The van der Waals surface area contributed by atoms with Gasteiger partial charge in [-0.05, 0) is 54.4 Å². The lowest BCUT2D eigenvalue weighted by atomic mass is 10.0. The van der Waals surface area contributed by atoms with Gasteiger partial charge in [-0.15, -0.1) is 0 Å². The summed E-state index contributed by atoms with van der Waals surface area (Å²) in [5.41, 5.74) is 0. The molecule has 0 aromatic carbocycles. The van der Waals surface area contributed by atoms with Crippen molar-refractivity contribution in [3.8, 4) is 0 Å². The Morgan fingerprint density at radius 2 is 1.00 bits per heavy atom. The number of ether oxygens (including phenoxy) is 2. The second kappa shape index (κ2) is 8.84. The second-order valence-electron chi connectivity index (χ2n) is 14.4. The third kappa shape index (κ3) is 6.17. The number of rotatable bonds is 7. The van der Waals surface area contributed by atoms with Gasteiger partial charge in [0, 0.05) is 0 Å². The quantitative estimate of drug-likeness (QED) is 0.278. The van der Waals surface area contributed by atoms with Gasteiger partial charge in [0.1, 0.15) is 24.4 Å². The molecule has 0 aliphatic carbocycles. The van der Waals surface area contributed by atoms with Gasteiger partial charge in [-0.3, -0.25) is 0 Å². The minimum atomic E-state index is -2.06. The highest BCUT2D eigenvalue weighted by Gasteiger charge is 2.61. The van der Waals surface area contributed by atoms with Gasteiger partial charge in [0.05, 0.1) is 6.61 Å². The maximum atomic E-state index is 7.04. The molecule has 2 fully saturated rings. The van der Waals surface area contributed by atoms with Crippen LogP contribution in [0.4, 0.5) is 0 Å². The van der Waals surface area contributed by atoms with Crippen molar-refractivity contribution >= 4 is 25.0 Å². The molecule has 2 rings (SSSR count). The van der Waals surface area contributed by atoms with E-state index in [0.29, 0.717) is 6.61 Å². The Morgan fingerprint density at radius 1 is 0.594 bits per heavy atom. The molecule has 32 heavy (non-hydrogen) atoms. The molecule has 2 heterocycles. The summed E-state index contributed by atoms with van der Waals surface area (Å²) in [5, 5.41) is 0.359. The highest BCUT2D eigenvalue weighted by atomic mass is 28.4. The molecule has 0 aromatic heterocycles. The molecule has 5 atom stereocenters. The van der Waals surface area contributed by atoms with Crippen LogP contribution in [0.1, 0.15) is 62.3 Å². The van der Waals surface area contributed by atoms with Gasteiger partial charge >= 0.3 is 0 Å². The Bertz CT molecular complexity index is 658. The molecule has 0 saturated carbocycles. The first-order chi connectivity index (χ1) is 14.0. The highest BCUT2D eigenvalue weighted by molar-refractivity contribution is 6.75. The predicted octanol–water partition coefficient (Wildman–Crippen LogP) is 6.91. The third-order valence-corrected chi connectivity index (χ3v) is 22.1. The summed E-state index contributed by atoms with van der Waals surface area (Å²) in [6, 6.07) is 0. The Hall–Kier alpha value is 0.451. The van der Waals surface area contributed by atoms with Gasteiger partial charge < -0.3 is 22.8 Å². The molecule has 0 N–H and O–H groups in total. The molecule has 2 aliphatic rings. The molecule has 190 valence electrons. The van der Waals surface area contributed by atoms with Crippen LogP contribution >= 0.6 is 0 Å². The molecule has 2 saturated heterocycles. The summed E-state index contributed by atoms with van der Waals surface area (Å²) in [7, 11) is -6.00. The summed E-state index contributed by atoms with van der Waals surface area (Å²) in [6.07, 6.45) is -0.716. The van der Waals surface area contributed by atoms with Gasteiger partial charge in [-0.2, -0.15) is 0 Å². The summed E-state index contributed by atoms with van der Waals surface area (Å²) in [4.78, 5) is 0. The molecule has 5 nitrogen and oxygen atoms in total. The van der Waals surface area contributed by atoms with Crippen molar-refractivity contribution in [3.63, 3.8) is 0 Å². The van der Waals surface area contributed by atoms with Crippen molar-refractivity contribution in [1.82, 2.24) is 0 Å². The first-order valence-corrected chi connectivity index (χ1v) is 21.0. The first kappa shape index (κ1) is 28.7. The van der Waals surface area contributed by atoms with E-state index in [1.54, 1.807) is 0 Å². The Morgan fingerprint density at radius 3 is 1.41 bits per heavy atom. The SMILES string of the molecule is CC(C)(C)[Si](C)(C)OC[C@H]1O[C@@H]2O[C@@H]2[C@@H](O[Si](C)(C)C(C)(C)C)[C@@H]1O[Si](C)(C)C(C)(C)C. The van der Waals surface area contributed by atoms with Crippen molar-refractivity contribution in [2.45, 2.75) is 147 Å². The normalized spacial score (nSPS) is 30.3. The lowest BCUT2D eigenvalue weighted by Gasteiger charge is -2.48. The lowest BCUT2D eigenvalue weighted by molar-refractivity contribution is -0.133. The van der Waals surface area contributed by atoms with Crippen LogP contribution in [0.3, 0.4) is 0 Å². The van der Waals surface area contributed by atoms with Crippen LogP contribution in [0, 0.1) is 0 Å². The van der Waals surface area contributed by atoms with Crippen molar-refractivity contribution in [2.75, 3.05) is 6.61 Å². The van der Waals surface area contributed by atoms with Crippen LogP contribution in [0.2, 0.25) is 54.4 Å². The molecule has 2 aliphatic heterocycles. The van der Waals surface area contributed by atoms with Gasteiger partial charge in [-0.1, -0.05) is 62.3 Å². The third-order valence-electron chi connectivity index (χ3n) is 8.69. The fraction of sp³-hybridized carbons (Fsp3) is 1.00. The second-order valence-corrected chi connectivity index (χ2v) is 28.7. The van der Waals surface area contributed by atoms with E-state index in [0.717, 1.165) is 0 Å². The van der Waals surface area contributed by atoms with Crippen LogP contribution < -0.4 is 0 Å². The Kier molecular flexibility index (Phi) is 7.92. The van der Waals surface area contributed by atoms with Crippen molar-refractivity contribution in [2.24, 2.45) is 0 Å². The monoisotopic (exact) mass is 504 g/mol. The number of fused-ring (bicyclic) bond motifs is 1. The summed E-state index contributed by atoms with van der Waals surface area (Å²) in [6.45, 7) is 34.9. The zero-order valence-corrected chi connectivity index (χ0v) is 26.6. The van der Waals surface area contributed by atoms with Gasteiger partial charge in [0.25, 0.3) is 0 Å². The molecule has 0 spiro atoms. The average molecular weight is 505 g/mol. The maximum absolute atomic E-state index is 7.04. The molecule has 0 aromatic rings. The van der Waals surface area contributed by atoms with Crippen molar-refractivity contribution in [1.29, 1.82) is 0 Å². The molecule has 8 heteroatoms. The number of hydrogen-bond donors (Lipinski definition) is 0. The van der Waals surface area contributed by atoms with Crippen LogP contribution in [0.15, 0.2) is 0 Å². The van der Waals surface area contributed by atoms with E-state index in [2.05, 4.69) is 102 Å². The largest absolute Gasteiger partial charge is 0.414 e. The fourth-order valence-corrected chi connectivity index (χ4v) is 6.69. The van der Waals surface area contributed by atoms with Crippen LogP contribution in [-0.4, -0.2) is 62.3 Å². The zero-order valence-electron chi connectivity index (χ0n) is 23.6. The lowest BCUT2D eigenvalue weighted by Crippen LogP contribution is -2.61. The Labute approximate surface area is 201 Å². The highest BCUT2D eigenvalue weighted by Crippen LogP contribution is 2.47. The van der Waals surface area contributed by atoms with Gasteiger partial charge in [0.15, 0.2) is 31.2 Å². The van der Waals surface area contributed by atoms with Gasteiger partial charge in [0.2, 0.25) is 0 Å². The minimum Gasteiger partial charge on any atom is -0.414 e. The smallest absolute Gasteiger partial charge is 0.192 e. The van der Waals surface area contributed by atoms with Crippen LogP contribution in [0.5, 0.6) is 0 Å². The first-order valence-electron chi connectivity index (χ1n) is 12.3. The summed E-state index contributed by atoms with van der Waals surface area (Å²) >= 11 is 0.